The Labute approximate surface area is 76.3 Å². The summed E-state index contributed by atoms with van der Waals surface area (Å²) >= 11 is 0. The molecule has 1 unspecified atom stereocenters. The zero-order valence-corrected chi connectivity index (χ0v) is 7.99. The monoisotopic (exact) mass is 200 g/mol. The van der Waals surface area contributed by atoms with Gasteiger partial charge >= 0.3 is 0 Å². The highest BCUT2D eigenvalue weighted by Crippen LogP contribution is 2.35. The van der Waals surface area contributed by atoms with Crippen molar-refractivity contribution in [3.63, 3.8) is 0 Å². The van der Waals surface area contributed by atoms with Gasteiger partial charge in [0.2, 0.25) is 6.43 Å². The summed E-state index contributed by atoms with van der Waals surface area (Å²) in [7, 11) is 0. The number of hydrogen-bond acceptors (Lipinski definition) is 0. The Morgan fingerprint density at radius 3 is 2.00 bits per heavy atom. The van der Waals surface area contributed by atoms with Crippen LogP contribution in [0.2, 0.25) is 0 Å². The van der Waals surface area contributed by atoms with E-state index in [9.17, 15) is 17.6 Å². The molecule has 0 aliphatic heterocycles. The lowest BCUT2D eigenvalue weighted by atomic mass is 9.91. The van der Waals surface area contributed by atoms with Gasteiger partial charge in [0.15, 0.2) is 0 Å². The molecule has 0 bridgehead atoms. The molecule has 0 aliphatic rings. The molecule has 0 amide bonds. The lowest BCUT2D eigenvalue weighted by Gasteiger charge is -2.25. The molecule has 0 aromatic heterocycles. The van der Waals surface area contributed by atoms with Crippen molar-refractivity contribution in [1.82, 2.24) is 0 Å². The minimum Gasteiger partial charge on any atom is -0.210 e. The van der Waals surface area contributed by atoms with Crippen molar-refractivity contribution in [3.05, 3.63) is 0 Å². The molecular formula is C9H16F4. The second kappa shape index (κ2) is 5.45. The molecule has 13 heavy (non-hydrogen) atoms. The Hall–Kier alpha value is -0.280. The predicted molar refractivity (Wildman–Crippen MR) is 44.3 cm³/mol. The van der Waals surface area contributed by atoms with Crippen LogP contribution in [0.1, 0.15) is 39.5 Å². The first kappa shape index (κ1) is 12.7. The van der Waals surface area contributed by atoms with Gasteiger partial charge in [-0.15, -0.1) is 0 Å². The first-order valence-corrected chi connectivity index (χ1v) is 4.60. The van der Waals surface area contributed by atoms with Gasteiger partial charge < -0.3 is 0 Å². The quantitative estimate of drug-likeness (QED) is 0.566. The van der Waals surface area contributed by atoms with E-state index in [1.54, 1.807) is 13.8 Å². The maximum atomic E-state index is 13.0. The standard InChI is InChI=1S/C9H16F4/c1-3-5-7(4-2)9(12,13)6-8(10)11/h7-8H,3-6H2,1-2H3. The van der Waals surface area contributed by atoms with Gasteiger partial charge in [0.25, 0.3) is 5.92 Å². The molecule has 0 nitrogen and oxygen atoms in total. The van der Waals surface area contributed by atoms with E-state index in [0.717, 1.165) is 0 Å². The summed E-state index contributed by atoms with van der Waals surface area (Å²) < 4.78 is 49.7. The number of rotatable bonds is 6. The van der Waals surface area contributed by atoms with Crippen LogP contribution in [-0.2, 0) is 0 Å². The minimum atomic E-state index is -3.21. The van der Waals surface area contributed by atoms with E-state index in [4.69, 9.17) is 0 Å². The second-order valence-corrected chi connectivity index (χ2v) is 3.25. The van der Waals surface area contributed by atoms with Crippen LogP contribution in [0.5, 0.6) is 0 Å². The fourth-order valence-corrected chi connectivity index (χ4v) is 1.43. The molecule has 0 saturated carbocycles. The topological polar surface area (TPSA) is 0 Å². The molecule has 0 aliphatic carbocycles. The molecule has 0 aromatic rings. The normalized spacial score (nSPS) is 15.0. The van der Waals surface area contributed by atoms with Crippen molar-refractivity contribution in [1.29, 1.82) is 0 Å². The number of hydrogen-bond donors (Lipinski definition) is 0. The van der Waals surface area contributed by atoms with Crippen molar-refractivity contribution >= 4 is 0 Å². The average Bonchev–Trinajstić information content (AvgIpc) is 1.97. The summed E-state index contributed by atoms with van der Waals surface area (Å²) in [6.45, 7) is 3.39. The van der Waals surface area contributed by atoms with E-state index < -0.39 is 24.7 Å². The Bertz CT molecular complexity index is 134. The lowest BCUT2D eigenvalue weighted by Crippen LogP contribution is -2.30. The van der Waals surface area contributed by atoms with Crippen molar-refractivity contribution < 1.29 is 17.6 Å². The average molecular weight is 200 g/mol. The van der Waals surface area contributed by atoms with Crippen molar-refractivity contribution in [2.45, 2.75) is 51.9 Å². The lowest BCUT2D eigenvalue weighted by molar-refractivity contribution is -0.102. The van der Waals surface area contributed by atoms with Crippen LogP contribution in [0.25, 0.3) is 0 Å². The predicted octanol–water partition coefficient (Wildman–Crippen LogP) is 4.10. The summed E-state index contributed by atoms with van der Waals surface area (Å²) in [6.07, 6.45) is -3.03. The Balaban J connectivity index is 4.19. The molecule has 0 heterocycles. The van der Waals surface area contributed by atoms with Gasteiger partial charge in [-0.05, 0) is 12.8 Å². The summed E-state index contributed by atoms with van der Waals surface area (Å²) in [5.41, 5.74) is 0. The fourth-order valence-electron chi connectivity index (χ4n) is 1.43. The number of halogens is 4. The van der Waals surface area contributed by atoms with Crippen LogP contribution in [0, 0.1) is 5.92 Å². The molecular weight excluding hydrogens is 184 g/mol. The van der Waals surface area contributed by atoms with Crippen molar-refractivity contribution in [2.24, 2.45) is 5.92 Å². The van der Waals surface area contributed by atoms with E-state index in [1.807, 2.05) is 0 Å². The molecule has 0 radical (unpaired) electrons. The molecule has 4 heteroatoms. The van der Waals surface area contributed by atoms with Crippen LogP contribution < -0.4 is 0 Å². The molecule has 80 valence electrons. The molecule has 0 spiro atoms. The SMILES string of the molecule is CCCC(CC)C(F)(F)CC(F)F. The Morgan fingerprint density at radius 2 is 1.69 bits per heavy atom. The fraction of sp³-hybridized carbons (Fsp3) is 1.00. The van der Waals surface area contributed by atoms with E-state index >= 15 is 0 Å². The third kappa shape index (κ3) is 4.48. The van der Waals surface area contributed by atoms with Crippen molar-refractivity contribution in [2.75, 3.05) is 0 Å². The van der Waals surface area contributed by atoms with Gasteiger partial charge in [-0.25, -0.2) is 17.6 Å². The van der Waals surface area contributed by atoms with Crippen LogP contribution in [0.3, 0.4) is 0 Å². The highest BCUT2D eigenvalue weighted by Gasteiger charge is 2.40. The molecule has 0 N–H and O–H groups in total. The summed E-state index contributed by atoms with van der Waals surface area (Å²) in [5, 5.41) is 0. The molecule has 0 saturated heterocycles. The van der Waals surface area contributed by atoms with E-state index in [2.05, 4.69) is 0 Å². The highest BCUT2D eigenvalue weighted by molar-refractivity contribution is 4.76. The third-order valence-electron chi connectivity index (χ3n) is 2.15. The summed E-state index contributed by atoms with van der Waals surface area (Å²) in [6, 6.07) is 0. The minimum absolute atomic E-state index is 0.258. The largest absolute Gasteiger partial charge is 0.256 e. The Morgan fingerprint density at radius 1 is 1.15 bits per heavy atom. The summed E-state index contributed by atoms with van der Waals surface area (Å²) in [5.74, 6) is -4.11. The van der Waals surface area contributed by atoms with Gasteiger partial charge in [0.1, 0.15) is 0 Å². The first-order valence-electron chi connectivity index (χ1n) is 4.60. The van der Waals surface area contributed by atoms with Crippen LogP contribution in [-0.4, -0.2) is 12.3 Å². The maximum absolute atomic E-state index is 13.0. The van der Waals surface area contributed by atoms with Gasteiger partial charge in [-0.1, -0.05) is 20.3 Å². The second-order valence-electron chi connectivity index (χ2n) is 3.25. The number of alkyl halides is 4. The smallest absolute Gasteiger partial charge is 0.210 e. The highest BCUT2D eigenvalue weighted by atomic mass is 19.3. The van der Waals surface area contributed by atoms with Gasteiger partial charge in [-0.2, -0.15) is 0 Å². The van der Waals surface area contributed by atoms with Gasteiger partial charge in [0.05, 0.1) is 6.42 Å². The van der Waals surface area contributed by atoms with Crippen molar-refractivity contribution in [3.8, 4) is 0 Å². The third-order valence-corrected chi connectivity index (χ3v) is 2.15. The summed E-state index contributed by atoms with van der Waals surface area (Å²) in [4.78, 5) is 0. The zero-order valence-electron chi connectivity index (χ0n) is 7.99. The molecule has 1 atom stereocenters. The molecule has 0 aromatic carbocycles. The van der Waals surface area contributed by atoms with Crippen LogP contribution >= 0.6 is 0 Å². The first-order chi connectivity index (χ1) is 5.94. The van der Waals surface area contributed by atoms with Gasteiger partial charge in [0, 0.05) is 5.92 Å². The van der Waals surface area contributed by atoms with E-state index in [0.29, 0.717) is 12.8 Å². The molecule has 0 fully saturated rings. The zero-order chi connectivity index (χ0) is 10.5. The van der Waals surface area contributed by atoms with E-state index in [1.165, 1.54) is 0 Å². The molecule has 0 rings (SSSR count). The van der Waals surface area contributed by atoms with E-state index in [-0.39, 0.29) is 6.42 Å². The van der Waals surface area contributed by atoms with Crippen LogP contribution in [0.15, 0.2) is 0 Å². The van der Waals surface area contributed by atoms with Crippen LogP contribution in [0.4, 0.5) is 17.6 Å². The van der Waals surface area contributed by atoms with Gasteiger partial charge in [-0.3, -0.25) is 0 Å². The Kier molecular flexibility index (Phi) is 5.33. The maximum Gasteiger partial charge on any atom is 0.256 e.